The zero-order valence-electron chi connectivity index (χ0n) is 22.5. The maximum atomic E-state index is 12.1. The molecular weight excluding hydrogens is 426 g/mol. The van der Waals surface area contributed by atoms with E-state index in [0.29, 0.717) is 18.8 Å². The summed E-state index contributed by atoms with van der Waals surface area (Å²) in [6.45, 7) is 19.3. The van der Waals surface area contributed by atoms with Crippen molar-refractivity contribution in [1.82, 2.24) is 10.2 Å². The van der Waals surface area contributed by atoms with Crippen LogP contribution >= 0.6 is 0 Å². The van der Waals surface area contributed by atoms with Gasteiger partial charge in [-0.1, -0.05) is 57.1 Å². The van der Waals surface area contributed by atoms with Gasteiger partial charge < -0.3 is 20.1 Å². The Morgan fingerprint density at radius 3 is 2.41 bits per heavy atom. The van der Waals surface area contributed by atoms with Gasteiger partial charge in [0.1, 0.15) is 18.2 Å². The minimum atomic E-state index is -0.877. The number of amides is 1. The normalized spacial score (nSPS) is 18.9. The Kier molecular flexibility index (Phi) is 12.7. The van der Waals surface area contributed by atoms with Gasteiger partial charge in [-0.25, -0.2) is 4.99 Å². The second-order valence-electron chi connectivity index (χ2n) is 10.7. The molecule has 0 aliphatic carbocycles. The van der Waals surface area contributed by atoms with E-state index in [1.54, 1.807) is 6.92 Å². The van der Waals surface area contributed by atoms with Crippen molar-refractivity contribution in [3.05, 3.63) is 35.5 Å². The number of hydrogen-bond donors (Lipinski definition) is 2. The summed E-state index contributed by atoms with van der Waals surface area (Å²) in [6, 6.07) is -0.562. The molecule has 34 heavy (non-hydrogen) atoms. The molecule has 0 radical (unpaired) electrons. The van der Waals surface area contributed by atoms with E-state index in [2.05, 4.69) is 63.7 Å². The lowest BCUT2D eigenvalue weighted by atomic mass is 9.80. The van der Waals surface area contributed by atoms with Crippen molar-refractivity contribution in [3.63, 3.8) is 0 Å². The topological polar surface area (TPSA) is 82.0 Å². The van der Waals surface area contributed by atoms with Gasteiger partial charge in [0, 0.05) is 25.9 Å². The van der Waals surface area contributed by atoms with Gasteiger partial charge in [-0.05, 0) is 64.0 Å². The summed E-state index contributed by atoms with van der Waals surface area (Å²) in [5.41, 5.74) is 3.27. The molecule has 3 atom stereocenters. The number of aliphatic hydroxyl groups is 1. The van der Waals surface area contributed by atoms with E-state index in [4.69, 9.17) is 0 Å². The molecule has 1 aliphatic heterocycles. The Morgan fingerprint density at radius 1 is 1.26 bits per heavy atom. The first kappa shape index (κ1) is 30.0. The molecule has 1 heterocycles. The number of hydrogen-bond acceptors (Lipinski definition) is 4. The van der Waals surface area contributed by atoms with Crippen molar-refractivity contribution in [3.8, 4) is 0 Å². The summed E-state index contributed by atoms with van der Waals surface area (Å²) in [4.78, 5) is 30.4. The highest BCUT2D eigenvalue weighted by Gasteiger charge is 2.33. The molecule has 0 bridgehead atoms. The average molecular weight is 474 g/mol. The van der Waals surface area contributed by atoms with Crippen molar-refractivity contribution < 1.29 is 14.7 Å². The highest BCUT2D eigenvalue weighted by Crippen LogP contribution is 2.33. The lowest BCUT2D eigenvalue weighted by molar-refractivity contribution is -0.116. The first-order valence-corrected chi connectivity index (χ1v) is 12.6. The van der Waals surface area contributed by atoms with Crippen LogP contribution in [0.3, 0.4) is 0 Å². The van der Waals surface area contributed by atoms with Crippen molar-refractivity contribution >= 4 is 18.0 Å². The van der Waals surface area contributed by atoms with Gasteiger partial charge in [-0.15, -0.1) is 0 Å². The largest absolute Gasteiger partial charge is 0.391 e. The molecule has 1 saturated heterocycles. The molecular formula is C28H47N3O3. The smallest absolute Gasteiger partial charge is 0.244 e. The Morgan fingerprint density at radius 2 is 1.94 bits per heavy atom. The third kappa shape index (κ3) is 10.9. The van der Waals surface area contributed by atoms with Crippen molar-refractivity contribution in [2.45, 2.75) is 105 Å². The van der Waals surface area contributed by atoms with Crippen LogP contribution in [0, 0.1) is 5.41 Å². The zero-order valence-corrected chi connectivity index (χ0v) is 22.5. The predicted molar refractivity (Wildman–Crippen MR) is 142 cm³/mol. The third-order valence-corrected chi connectivity index (χ3v) is 5.95. The van der Waals surface area contributed by atoms with Crippen LogP contribution in [0.2, 0.25) is 0 Å². The summed E-state index contributed by atoms with van der Waals surface area (Å²) in [5, 5.41) is 13.8. The number of nitrogens with one attached hydrogen (secondary N) is 1. The van der Waals surface area contributed by atoms with E-state index < -0.39 is 12.1 Å². The lowest BCUT2D eigenvalue weighted by Gasteiger charge is -2.38. The summed E-state index contributed by atoms with van der Waals surface area (Å²) in [7, 11) is 0. The molecule has 6 heteroatoms. The number of carbonyl (C=O) groups is 2. The van der Waals surface area contributed by atoms with Gasteiger partial charge in [0.05, 0.1) is 6.10 Å². The molecule has 3 unspecified atom stereocenters. The summed E-state index contributed by atoms with van der Waals surface area (Å²) < 4.78 is 0. The number of amidine groups is 1. The molecule has 1 amide bonds. The van der Waals surface area contributed by atoms with Crippen LogP contribution in [0.15, 0.2) is 40.4 Å². The van der Waals surface area contributed by atoms with Gasteiger partial charge in [0.15, 0.2) is 0 Å². The number of nitrogens with zero attached hydrogens (tertiary/aromatic N) is 2. The van der Waals surface area contributed by atoms with Gasteiger partial charge >= 0.3 is 0 Å². The Bertz CT molecular complexity index is 783. The number of aliphatic imine (C=N–C) groups is 1. The second kappa shape index (κ2) is 14.4. The van der Waals surface area contributed by atoms with Crippen LogP contribution < -0.4 is 5.32 Å². The Hall–Kier alpha value is -2.05. The fraction of sp³-hybridized carbons (Fsp3) is 0.679. The molecule has 0 aromatic rings. The summed E-state index contributed by atoms with van der Waals surface area (Å²) in [5.74, 6) is 0.259. The maximum absolute atomic E-state index is 12.1. The van der Waals surface area contributed by atoms with Gasteiger partial charge in [0.2, 0.25) is 5.91 Å². The summed E-state index contributed by atoms with van der Waals surface area (Å²) in [6.07, 6.45) is 9.59. The highest BCUT2D eigenvalue weighted by atomic mass is 16.3. The Balaban J connectivity index is 3.32. The maximum Gasteiger partial charge on any atom is 0.244 e. The third-order valence-electron chi connectivity index (χ3n) is 5.95. The highest BCUT2D eigenvalue weighted by molar-refractivity contribution is 5.95. The monoisotopic (exact) mass is 473 g/mol. The van der Waals surface area contributed by atoms with Gasteiger partial charge in [-0.2, -0.15) is 0 Å². The standard InChI is InChI=1S/C28H47N3O3/c1-9-11-21(4)15-24(14-20(2)3)16-28(7,8)17-27(30-23(6)34)31(26(19-32)22(5)33)18-25-12-10-13-29-25/h14-15,19,22,25-26,29,33H,4,9-13,16-18H2,1-3,5-8H3/b24-15+,30-27-. The van der Waals surface area contributed by atoms with E-state index in [-0.39, 0.29) is 17.4 Å². The fourth-order valence-electron chi connectivity index (χ4n) is 4.60. The minimum absolute atomic E-state index is 0.194. The van der Waals surface area contributed by atoms with Crippen LogP contribution in [-0.2, 0) is 9.59 Å². The van der Waals surface area contributed by atoms with Crippen LogP contribution in [0.4, 0.5) is 0 Å². The van der Waals surface area contributed by atoms with Crippen LogP contribution in [0.1, 0.15) is 87.0 Å². The van der Waals surface area contributed by atoms with Crippen LogP contribution in [0.25, 0.3) is 0 Å². The molecule has 0 saturated carbocycles. The van der Waals surface area contributed by atoms with E-state index in [0.717, 1.165) is 50.5 Å². The number of rotatable bonds is 13. The summed E-state index contributed by atoms with van der Waals surface area (Å²) >= 11 is 0. The molecule has 0 aromatic carbocycles. The molecule has 1 aliphatic rings. The Labute approximate surface area is 207 Å². The second-order valence-corrected chi connectivity index (χ2v) is 10.7. The SMILES string of the molecule is C=C(/C=C(\C=C(C)C)CC(C)(C)C/C(=N/C(C)=O)N(CC1CCCN1)C(C=O)C(C)O)CCC. The number of carbonyl (C=O) groups excluding carboxylic acids is 2. The molecule has 1 rings (SSSR count). The molecule has 6 nitrogen and oxygen atoms in total. The van der Waals surface area contributed by atoms with Crippen molar-refractivity contribution in [2.24, 2.45) is 10.4 Å². The first-order valence-electron chi connectivity index (χ1n) is 12.6. The zero-order chi connectivity index (χ0) is 25.9. The molecule has 2 N–H and O–H groups in total. The molecule has 0 aromatic heterocycles. The van der Waals surface area contributed by atoms with Crippen LogP contribution in [0.5, 0.6) is 0 Å². The van der Waals surface area contributed by atoms with Crippen molar-refractivity contribution in [2.75, 3.05) is 13.1 Å². The minimum Gasteiger partial charge on any atom is -0.391 e. The lowest BCUT2D eigenvalue weighted by Crippen LogP contribution is -2.52. The van der Waals surface area contributed by atoms with Gasteiger partial charge in [0.25, 0.3) is 0 Å². The predicted octanol–water partition coefficient (Wildman–Crippen LogP) is 4.99. The molecule has 192 valence electrons. The first-order chi connectivity index (χ1) is 15.9. The van der Waals surface area contributed by atoms with Crippen molar-refractivity contribution in [1.29, 1.82) is 0 Å². The van der Waals surface area contributed by atoms with E-state index >= 15 is 0 Å². The number of aldehydes is 1. The van der Waals surface area contributed by atoms with E-state index in [1.165, 1.54) is 18.1 Å². The van der Waals surface area contributed by atoms with Crippen LogP contribution in [-0.4, -0.2) is 59.3 Å². The molecule has 1 fully saturated rings. The average Bonchev–Trinajstić information content (AvgIpc) is 3.18. The number of aliphatic hydroxyl groups excluding tert-OH is 1. The number of allylic oxidation sites excluding steroid dienone is 5. The fourth-order valence-corrected chi connectivity index (χ4v) is 4.60. The van der Waals surface area contributed by atoms with Gasteiger partial charge in [-0.3, -0.25) is 4.79 Å². The van der Waals surface area contributed by atoms with E-state index in [9.17, 15) is 14.7 Å². The quantitative estimate of drug-likeness (QED) is 0.170. The van der Waals surface area contributed by atoms with E-state index in [1.807, 2.05) is 4.90 Å². The molecule has 0 spiro atoms.